The molecular formula is C87H174N4O6. The molecule has 0 bridgehead atoms. The third-order valence-corrected chi connectivity index (χ3v) is 20.9. The second-order valence-corrected chi connectivity index (χ2v) is 30.4. The summed E-state index contributed by atoms with van der Waals surface area (Å²) >= 11 is 0. The van der Waals surface area contributed by atoms with Crippen LogP contribution in [0.3, 0.4) is 0 Å². The number of nitrogens with zero attached hydrogens (tertiary/aromatic N) is 4. The van der Waals surface area contributed by atoms with E-state index in [9.17, 15) is 14.4 Å². The number of hydrogen-bond acceptors (Lipinski definition) is 10. The first-order valence-electron chi connectivity index (χ1n) is 44.2. The van der Waals surface area contributed by atoms with Gasteiger partial charge in [-0.2, -0.15) is 0 Å². The highest BCUT2D eigenvalue weighted by Crippen LogP contribution is 2.18. The van der Waals surface area contributed by atoms with Crippen LogP contribution in [0.25, 0.3) is 0 Å². The van der Waals surface area contributed by atoms with Gasteiger partial charge >= 0.3 is 17.9 Å². The van der Waals surface area contributed by atoms with Crippen molar-refractivity contribution >= 4 is 17.9 Å². The monoisotopic (exact) mass is 1370 g/mol. The summed E-state index contributed by atoms with van der Waals surface area (Å²) in [6.07, 6.45) is 80.6. The van der Waals surface area contributed by atoms with Crippen LogP contribution >= 0.6 is 0 Å². The molecule has 10 heteroatoms. The zero-order valence-corrected chi connectivity index (χ0v) is 66.9. The molecule has 0 aromatic carbocycles. The van der Waals surface area contributed by atoms with Crippen molar-refractivity contribution < 1.29 is 28.6 Å². The fourth-order valence-electron chi connectivity index (χ4n) is 14.1. The van der Waals surface area contributed by atoms with Gasteiger partial charge < -0.3 is 19.1 Å². The van der Waals surface area contributed by atoms with Gasteiger partial charge in [-0.1, -0.05) is 388 Å². The Balaban J connectivity index is 5.81. The van der Waals surface area contributed by atoms with Crippen molar-refractivity contribution in [2.24, 2.45) is 0 Å². The fraction of sp³-hybridized carbons (Fsp3) is 0.966. The molecule has 0 aromatic heterocycles. The quantitative estimate of drug-likeness (QED) is 0.0333. The van der Waals surface area contributed by atoms with Crippen molar-refractivity contribution in [3.63, 3.8) is 0 Å². The largest absolute Gasteiger partial charge is 0.464 e. The van der Waals surface area contributed by atoms with E-state index in [0.29, 0.717) is 39.5 Å². The Morgan fingerprint density at radius 2 is 0.289 bits per heavy atom. The third-order valence-electron chi connectivity index (χ3n) is 20.9. The van der Waals surface area contributed by atoms with Gasteiger partial charge in [0.15, 0.2) is 0 Å². The van der Waals surface area contributed by atoms with Crippen LogP contribution in [0.2, 0.25) is 0 Å². The summed E-state index contributed by atoms with van der Waals surface area (Å²) in [5.74, 6) is -0.617. The average Bonchev–Trinajstić information content (AvgIpc) is 3.18. The molecule has 0 radical (unpaired) electrons. The van der Waals surface area contributed by atoms with E-state index < -0.39 is 0 Å². The maximum Gasteiger partial charge on any atom is 0.307 e. The van der Waals surface area contributed by atoms with Crippen LogP contribution in [0, 0.1) is 0 Å². The van der Waals surface area contributed by atoms with Gasteiger partial charge in [-0.15, -0.1) is 0 Å². The van der Waals surface area contributed by atoms with Crippen LogP contribution < -0.4 is 0 Å². The highest BCUT2D eigenvalue weighted by molar-refractivity contribution is 5.71. The maximum atomic E-state index is 13.6. The van der Waals surface area contributed by atoms with Crippen LogP contribution in [0.1, 0.15) is 446 Å². The second kappa shape index (κ2) is 81.5. The lowest BCUT2D eigenvalue weighted by atomic mass is 10.1. The molecule has 97 heavy (non-hydrogen) atoms. The van der Waals surface area contributed by atoms with E-state index in [-0.39, 0.29) is 37.2 Å². The summed E-state index contributed by atoms with van der Waals surface area (Å²) in [5, 5.41) is 0. The molecule has 0 aromatic rings. The second-order valence-electron chi connectivity index (χ2n) is 30.4. The topological polar surface area (TPSA) is 91.9 Å². The van der Waals surface area contributed by atoms with Crippen LogP contribution in [-0.4, -0.2) is 136 Å². The molecule has 0 aliphatic carbocycles. The Hall–Kier alpha value is -1.75. The molecule has 0 atom stereocenters. The summed E-state index contributed by atoms with van der Waals surface area (Å²) in [5.41, 5.74) is 0. The molecule has 10 nitrogen and oxygen atoms in total. The minimum Gasteiger partial charge on any atom is -0.464 e. The van der Waals surface area contributed by atoms with E-state index in [1.807, 2.05) is 0 Å². The molecule has 0 saturated heterocycles. The standard InChI is InChI=1S/C87H174N4O6/c1-7-13-19-25-31-37-43-49-55-61-70-88(71-62-56-50-44-38-32-26-20-14-8-2)79-82-95-85(92)67-76-91(77-68-86(93)96-83-80-89(72-63-57-51-45-39-33-27-21-15-9-3)73-64-58-52-46-40-34-28-22-16-10-4)78-69-87(94)97-84-81-90(74-65-59-53-47-41-35-29-23-17-11-5)75-66-60-54-48-42-36-30-24-18-12-6/h7-84H2,1-6H3. The van der Waals surface area contributed by atoms with Crippen molar-refractivity contribution in [2.45, 2.75) is 446 Å². The molecule has 0 amide bonds. The van der Waals surface area contributed by atoms with Gasteiger partial charge in [-0.05, 0) is 77.8 Å². The Morgan fingerprint density at radius 3 is 0.433 bits per heavy atom. The molecule has 0 N–H and O–H groups in total. The van der Waals surface area contributed by atoms with E-state index in [4.69, 9.17) is 14.2 Å². The summed E-state index contributed by atoms with van der Waals surface area (Å²) in [6.45, 7) is 25.0. The molecule has 0 unspecified atom stereocenters. The Bertz CT molecular complexity index is 1300. The molecule has 578 valence electrons. The predicted molar refractivity (Wildman–Crippen MR) is 424 cm³/mol. The lowest BCUT2D eigenvalue weighted by Crippen LogP contribution is -2.34. The lowest BCUT2D eigenvalue weighted by Gasteiger charge is -2.24. The van der Waals surface area contributed by atoms with Gasteiger partial charge in [-0.25, -0.2) is 0 Å². The third kappa shape index (κ3) is 75.2. The van der Waals surface area contributed by atoms with Crippen LogP contribution in [0.15, 0.2) is 0 Å². The lowest BCUT2D eigenvalue weighted by molar-refractivity contribution is -0.144. The minimum absolute atomic E-state index is 0.206. The van der Waals surface area contributed by atoms with Gasteiger partial charge in [0, 0.05) is 39.3 Å². The first kappa shape index (κ1) is 95.2. The highest BCUT2D eigenvalue weighted by Gasteiger charge is 2.17. The van der Waals surface area contributed by atoms with E-state index in [1.54, 1.807) is 0 Å². The number of carbonyl (C=O) groups is 3. The van der Waals surface area contributed by atoms with Crippen LogP contribution in [0.5, 0.6) is 0 Å². The number of hydrogen-bond donors (Lipinski definition) is 0. The van der Waals surface area contributed by atoms with E-state index >= 15 is 0 Å². The molecule has 0 spiro atoms. The van der Waals surface area contributed by atoms with E-state index in [2.05, 4.69) is 61.1 Å². The van der Waals surface area contributed by atoms with Crippen LogP contribution in [0.4, 0.5) is 0 Å². The SMILES string of the molecule is CCCCCCCCCCCCN(CCCCCCCCCCCC)CCOC(=O)CCN(CCC(=O)OCCN(CCCCCCCCCCCC)CCCCCCCCCCCC)CCC(=O)OCCN(CCCCCCCCCCCC)CCCCCCCCCCCC. The number of rotatable bonds is 84. The van der Waals surface area contributed by atoms with Gasteiger partial charge in [0.1, 0.15) is 19.8 Å². The first-order chi connectivity index (χ1) is 47.8. The van der Waals surface area contributed by atoms with E-state index in [0.717, 1.165) is 58.9 Å². The number of ether oxygens (including phenoxy) is 3. The molecule has 0 saturated carbocycles. The van der Waals surface area contributed by atoms with Gasteiger partial charge in [0.2, 0.25) is 0 Å². The predicted octanol–water partition coefficient (Wildman–Crippen LogP) is 25.5. The molecule has 0 fully saturated rings. The number of esters is 3. The normalized spacial score (nSPS) is 11.8. The highest BCUT2D eigenvalue weighted by atomic mass is 16.5. The van der Waals surface area contributed by atoms with Crippen molar-refractivity contribution in [3.05, 3.63) is 0 Å². The minimum atomic E-state index is -0.206. The van der Waals surface area contributed by atoms with Gasteiger partial charge in [0.25, 0.3) is 0 Å². The molecule has 0 rings (SSSR count). The number of unbranched alkanes of at least 4 members (excludes halogenated alkanes) is 54. The summed E-state index contributed by atoms with van der Waals surface area (Å²) in [4.78, 5) is 50.5. The Morgan fingerprint density at radius 1 is 0.165 bits per heavy atom. The van der Waals surface area contributed by atoms with Crippen molar-refractivity contribution in [2.75, 3.05) is 98.4 Å². The van der Waals surface area contributed by atoms with Crippen molar-refractivity contribution in [3.8, 4) is 0 Å². The summed E-state index contributed by atoms with van der Waals surface area (Å²) in [7, 11) is 0. The molecule has 0 heterocycles. The van der Waals surface area contributed by atoms with Crippen LogP contribution in [-0.2, 0) is 28.6 Å². The van der Waals surface area contributed by atoms with E-state index in [1.165, 1.54) is 385 Å². The van der Waals surface area contributed by atoms with Gasteiger partial charge in [-0.3, -0.25) is 29.1 Å². The molecule has 0 aliphatic rings. The van der Waals surface area contributed by atoms with Gasteiger partial charge in [0.05, 0.1) is 19.3 Å². The zero-order valence-electron chi connectivity index (χ0n) is 66.9. The van der Waals surface area contributed by atoms with Crippen molar-refractivity contribution in [1.82, 2.24) is 19.6 Å². The average molecular weight is 1370 g/mol. The molecular weight excluding hydrogens is 1200 g/mol. The molecule has 0 aliphatic heterocycles. The fourth-order valence-corrected chi connectivity index (χ4v) is 14.1. The van der Waals surface area contributed by atoms with Crippen molar-refractivity contribution in [1.29, 1.82) is 0 Å². The number of carbonyl (C=O) groups excluding carboxylic acids is 3. The zero-order chi connectivity index (χ0) is 70.3. The first-order valence-corrected chi connectivity index (χ1v) is 44.2. The Kier molecular flexibility index (Phi) is 80.1. The maximum absolute atomic E-state index is 13.6. The summed E-state index contributed by atoms with van der Waals surface area (Å²) in [6, 6.07) is 0. The summed E-state index contributed by atoms with van der Waals surface area (Å²) < 4.78 is 18.0. The smallest absolute Gasteiger partial charge is 0.307 e. The Labute approximate surface area is 607 Å².